The number of hydrogen-bond acceptors (Lipinski definition) is 5. The van der Waals surface area contributed by atoms with Gasteiger partial charge in [-0.15, -0.1) is 0 Å². The Labute approximate surface area is 156 Å². The highest BCUT2D eigenvalue weighted by atomic mass is 16.1. The van der Waals surface area contributed by atoms with E-state index < -0.39 is 0 Å². The number of hydrogen-bond donors (Lipinski definition) is 3. The van der Waals surface area contributed by atoms with Gasteiger partial charge >= 0.3 is 0 Å². The quantitative estimate of drug-likeness (QED) is 0.518. The molecular weight excluding hydrogens is 340 g/mol. The number of rotatable bonds is 4. The molecule has 0 aliphatic rings. The first kappa shape index (κ1) is 16.8. The summed E-state index contributed by atoms with van der Waals surface area (Å²) in [6.45, 7) is 3.32. The third kappa shape index (κ3) is 3.15. The second-order valence-electron chi connectivity index (χ2n) is 6.38. The summed E-state index contributed by atoms with van der Waals surface area (Å²) in [6.07, 6.45) is 2.03. The van der Waals surface area contributed by atoms with E-state index in [-0.39, 0.29) is 11.9 Å². The molecule has 2 heterocycles. The molecule has 0 aliphatic heterocycles. The van der Waals surface area contributed by atoms with Crippen molar-refractivity contribution in [3.05, 3.63) is 59.8 Å². The van der Waals surface area contributed by atoms with Crippen LogP contribution in [0.15, 0.2) is 48.7 Å². The minimum absolute atomic E-state index is 0.123. The van der Waals surface area contributed by atoms with Crippen molar-refractivity contribution in [3.63, 3.8) is 0 Å². The zero-order valence-corrected chi connectivity index (χ0v) is 14.9. The van der Waals surface area contributed by atoms with E-state index in [4.69, 9.17) is 11.5 Å². The SMILES string of the molecule is CCn1ccc2ccc(C(=O)NCc3ccc4nc(N)nc(N)c4c3)cc21. The van der Waals surface area contributed by atoms with Crippen molar-refractivity contribution < 1.29 is 4.79 Å². The highest BCUT2D eigenvalue weighted by Crippen LogP contribution is 2.21. The monoisotopic (exact) mass is 360 g/mol. The first-order valence-electron chi connectivity index (χ1n) is 8.74. The molecule has 1 amide bonds. The molecule has 5 N–H and O–H groups in total. The largest absolute Gasteiger partial charge is 0.383 e. The molecule has 0 aliphatic carbocycles. The first-order chi connectivity index (χ1) is 13.0. The fraction of sp³-hybridized carbons (Fsp3) is 0.150. The number of aromatic nitrogens is 3. The summed E-state index contributed by atoms with van der Waals surface area (Å²) < 4.78 is 2.12. The van der Waals surface area contributed by atoms with Crippen LogP contribution in [0.4, 0.5) is 11.8 Å². The van der Waals surface area contributed by atoms with E-state index in [2.05, 4.69) is 32.8 Å². The van der Waals surface area contributed by atoms with Gasteiger partial charge in [0.15, 0.2) is 0 Å². The highest BCUT2D eigenvalue weighted by molar-refractivity contribution is 5.98. The normalized spacial score (nSPS) is 11.1. The summed E-state index contributed by atoms with van der Waals surface area (Å²) in [4.78, 5) is 20.7. The lowest BCUT2D eigenvalue weighted by atomic mass is 10.1. The molecule has 7 nitrogen and oxygen atoms in total. The predicted molar refractivity (Wildman–Crippen MR) is 107 cm³/mol. The van der Waals surface area contributed by atoms with E-state index in [0.717, 1.165) is 28.4 Å². The smallest absolute Gasteiger partial charge is 0.251 e. The Morgan fingerprint density at radius 3 is 2.78 bits per heavy atom. The number of benzene rings is 2. The molecule has 2 aromatic carbocycles. The molecule has 2 aromatic heterocycles. The van der Waals surface area contributed by atoms with Crippen LogP contribution in [0.2, 0.25) is 0 Å². The van der Waals surface area contributed by atoms with Crippen LogP contribution in [0.5, 0.6) is 0 Å². The number of carbonyl (C=O) groups excluding carboxylic acids is 1. The van der Waals surface area contributed by atoms with E-state index >= 15 is 0 Å². The molecule has 0 saturated heterocycles. The number of nitrogen functional groups attached to an aromatic ring is 2. The number of fused-ring (bicyclic) bond motifs is 2. The van der Waals surface area contributed by atoms with Crippen LogP contribution in [0.1, 0.15) is 22.8 Å². The maximum absolute atomic E-state index is 12.6. The summed E-state index contributed by atoms with van der Waals surface area (Å²) in [6, 6.07) is 13.4. The Bertz CT molecular complexity index is 1160. The molecule has 0 saturated carbocycles. The van der Waals surface area contributed by atoms with Gasteiger partial charge in [0, 0.05) is 35.8 Å². The van der Waals surface area contributed by atoms with Crippen LogP contribution >= 0.6 is 0 Å². The standard InChI is InChI=1S/C20H20N6O/c1-2-26-8-7-13-4-5-14(10-17(13)26)19(27)23-11-12-3-6-16-15(9-12)18(21)25-20(22)24-16/h3-10H,2,11H2,1H3,(H,23,27)(H4,21,22,24,25). The average molecular weight is 360 g/mol. The minimum Gasteiger partial charge on any atom is -0.383 e. The van der Waals surface area contributed by atoms with Gasteiger partial charge in [0.2, 0.25) is 5.95 Å². The molecule has 27 heavy (non-hydrogen) atoms. The fourth-order valence-corrected chi connectivity index (χ4v) is 3.21. The van der Waals surface area contributed by atoms with Crippen molar-refractivity contribution in [1.82, 2.24) is 19.9 Å². The second kappa shape index (κ2) is 6.60. The zero-order chi connectivity index (χ0) is 19.0. The molecule has 0 atom stereocenters. The highest BCUT2D eigenvalue weighted by Gasteiger charge is 2.09. The lowest BCUT2D eigenvalue weighted by molar-refractivity contribution is 0.0951. The van der Waals surface area contributed by atoms with Crippen molar-refractivity contribution in [3.8, 4) is 0 Å². The number of nitrogens with two attached hydrogens (primary N) is 2. The predicted octanol–water partition coefficient (Wildman–Crippen LogP) is 2.70. The van der Waals surface area contributed by atoms with Gasteiger partial charge in [-0.1, -0.05) is 12.1 Å². The lowest BCUT2D eigenvalue weighted by Crippen LogP contribution is -2.22. The Morgan fingerprint density at radius 2 is 1.96 bits per heavy atom. The third-order valence-corrected chi connectivity index (χ3v) is 4.64. The summed E-state index contributed by atoms with van der Waals surface area (Å²) in [5.41, 5.74) is 14.8. The summed E-state index contributed by atoms with van der Waals surface area (Å²) in [5, 5.41) is 4.79. The van der Waals surface area contributed by atoms with Crippen LogP contribution in [0.25, 0.3) is 21.8 Å². The van der Waals surface area contributed by atoms with Crippen LogP contribution in [-0.4, -0.2) is 20.4 Å². The molecule has 136 valence electrons. The second-order valence-corrected chi connectivity index (χ2v) is 6.38. The van der Waals surface area contributed by atoms with Gasteiger partial charge in [0.25, 0.3) is 5.91 Å². The number of anilines is 2. The van der Waals surface area contributed by atoms with Crippen molar-refractivity contribution in [2.45, 2.75) is 20.0 Å². The molecule has 4 rings (SSSR count). The molecule has 7 heteroatoms. The average Bonchev–Trinajstić information content (AvgIpc) is 3.08. The van der Waals surface area contributed by atoms with Gasteiger partial charge in [-0.3, -0.25) is 4.79 Å². The van der Waals surface area contributed by atoms with Gasteiger partial charge in [0.1, 0.15) is 5.82 Å². The number of amides is 1. The van der Waals surface area contributed by atoms with Gasteiger partial charge in [-0.05, 0) is 48.2 Å². The van der Waals surface area contributed by atoms with Crippen LogP contribution in [-0.2, 0) is 13.1 Å². The van der Waals surface area contributed by atoms with Crippen molar-refractivity contribution in [2.24, 2.45) is 0 Å². The molecule has 0 unspecified atom stereocenters. The molecule has 0 bridgehead atoms. The van der Waals surface area contributed by atoms with E-state index in [1.165, 1.54) is 0 Å². The van der Waals surface area contributed by atoms with E-state index in [0.29, 0.717) is 23.4 Å². The van der Waals surface area contributed by atoms with Crippen LogP contribution < -0.4 is 16.8 Å². The Hall–Kier alpha value is -3.61. The first-order valence-corrected chi connectivity index (χ1v) is 8.74. The fourth-order valence-electron chi connectivity index (χ4n) is 3.21. The van der Waals surface area contributed by atoms with Gasteiger partial charge < -0.3 is 21.4 Å². The summed E-state index contributed by atoms with van der Waals surface area (Å²) >= 11 is 0. The topological polar surface area (TPSA) is 112 Å². The van der Waals surface area contributed by atoms with Crippen molar-refractivity contribution in [2.75, 3.05) is 11.5 Å². The number of nitrogens with one attached hydrogen (secondary N) is 1. The molecule has 0 radical (unpaired) electrons. The Kier molecular flexibility index (Phi) is 4.12. The van der Waals surface area contributed by atoms with Gasteiger partial charge in [0.05, 0.1) is 5.52 Å². The van der Waals surface area contributed by atoms with Crippen LogP contribution in [0, 0.1) is 0 Å². The third-order valence-electron chi connectivity index (χ3n) is 4.64. The van der Waals surface area contributed by atoms with E-state index in [1.807, 2.05) is 42.6 Å². The summed E-state index contributed by atoms with van der Waals surface area (Å²) in [7, 11) is 0. The molecule has 4 aromatic rings. The van der Waals surface area contributed by atoms with Gasteiger partial charge in [-0.2, -0.15) is 4.98 Å². The van der Waals surface area contributed by atoms with Crippen molar-refractivity contribution in [1.29, 1.82) is 0 Å². The maximum Gasteiger partial charge on any atom is 0.251 e. The van der Waals surface area contributed by atoms with Gasteiger partial charge in [-0.25, -0.2) is 4.98 Å². The molecule has 0 spiro atoms. The number of carbonyl (C=O) groups is 1. The summed E-state index contributed by atoms with van der Waals surface area (Å²) in [5.74, 6) is 0.354. The number of aryl methyl sites for hydroxylation is 1. The maximum atomic E-state index is 12.6. The molecule has 0 fully saturated rings. The molecular formula is C20H20N6O. The lowest BCUT2D eigenvalue weighted by Gasteiger charge is -2.09. The Morgan fingerprint density at radius 1 is 1.11 bits per heavy atom. The van der Waals surface area contributed by atoms with Crippen LogP contribution in [0.3, 0.4) is 0 Å². The van der Waals surface area contributed by atoms with E-state index in [9.17, 15) is 4.79 Å². The van der Waals surface area contributed by atoms with Crippen molar-refractivity contribution >= 4 is 39.5 Å². The van der Waals surface area contributed by atoms with E-state index in [1.54, 1.807) is 0 Å². The zero-order valence-electron chi connectivity index (χ0n) is 14.9. The number of nitrogens with zero attached hydrogens (tertiary/aromatic N) is 3. The minimum atomic E-state index is -0.123. The Balaban J connectivity index is 1.54.